The lowest BCUT2D eigenvalue weighted by atomic mass is 10.1. The maximum atomic E-state index is 8.99. The van der Waals surface area contributed by atoms with Crippen molar-refractivity contribution in [3.8, 4) is 5.75 Å². The number of hydrogen-bond acceptors (Lipinski definition) is 2. The standard InChI is InChI=1S/C8H10O.C7H9N/c1-6-3-7(2)5-8(9)4-6;1-6-3-7(2)5-8-4-6/h3-5,9H,1-2H3;3-5H,1-2H3. The Balaban J connectivity index is 0.000000171. The third-order valence-electron chi connectivity index (χ3n) is 2.22. The molecule has 1 N–H and O–H groups in total. The van der Waals surface area contributed by atoms with Crippen molar-refractivity contribution >= 4 is 0 Å². The van der Waals surface area contributed by atoms with Gasteiger partial charge in [0.25, 0.3) is 0 Å². The predicted octanol–water partition coefficient (Wildman–Crippen LogP) is 3.71. The van der Waals surface area contributed by atoms with E-state index in [-0.39, 0.29) is 0 Å². The fraction of sp³-hybridized carbons (Fsp3) is 0.267. The van der Waals surface area contributed by atoms with Crippen LogP contribution in [0.2, 0.25) is 0 Å². The van der Waals surface area contributed by atoms with E-state index >= 15 is 0 Å². The molecule has 1 aromatic heterocycles. The summed E-state index contributed by atoms with van der Waals surface area (Å²) in [6.07, 6.45) is 3.71. The van der Waals surface area contributed by atoms with Crippen LogP contribution in [0, 0.1) is 27.7 Å². The lowest BCUT2D eigenvalue weighted by molar-refractivity contribution is 0.474. The second-order valence-electron chi connectivity index (χ2n) is 4.39. The number of nitrogens with zero attached hydrogens (tertiary/aromatic N) is 1. The van der Waals surface area contributed by atoms with Crippen molar-refractivity contribution < 1.29 is 5.11 Å². The van der Waals surface area contributed by atoms with Crippen molar-refractivity contribution in [1.29, 1.82) is 0 Å². The van der Waals surface area contributed by atoms with Crippen molar-refractivity contribution in [2.24, 2.45) is 0 Å². The van der Waals surface area contributed by atoms with Gasteiger partial charge in [0, 0.05) is 12.4 Å². The quantitative estimate of drug-likeness (QED) is 0.747. The molecule has 0 bridgehead atoms. The summed E-state index contributed by atoms with van der Waals surface area (Å²) < 4.78 is 0. The van der Waals surface area contributed by atoms with Crippen molar-refractivity contribution in [2.45, 2.75) is 27.7 Å². The van der Waals surface area contributed by atoms with E-state index in [0.29, 0.717) is 5.75 Å². The van der Waals surface area contributed by atoms with Gasteiger partial charge in [-0.25, -0.2) is 0 Å². The largest absolute Gasteiger partial charge is 0.508 e. The van der Waals surface area contributed by atoms with Gasteiger partial charge >= 0.3 is 0 Å². The van der Waals surface area contributed by atoms with Gasteiger partial charge in [-0.05, 0) is 62.1 Å². The molecule has 0 fully saturated rings. The third-order valence-corrected chi connectivity index (χ3v) is 2.22. The molecule has 0 saturated carbocycles. The van der Waals surface area contributed by atoms with E-state index in [9.17, 15) is 0 Å². The Kier molecular flexibility index (Phi) is 4.70. The van der Waals surface area contributed by atoms with Crippen LogP contribution in [0.25, 0.3) is 0 Å². The first kappa shape index (κ1) is 13.2. The molecule has 90 valence electrons. The van der Waals surface area contributed by atoms with Crippen LogP contribution < -0.4 is 0 Å². The Labute approximate surface area is 103 Å². The van der Waals surface area contributed by atoms with Gasteiger partial charge in [-0.2, -0.15) is 0 Å². The summed E-state index contributed by atoms with van der Waals surface area (Å²) in [5.41, 5.74) is 4.66. The van der Waals surface area contributed by atoms with Crippen molar-refractivity contribution in [3.05, 3.63) is 58.9 Å². The molecule has 0 unspecified atom stereocenters. The van der Waals surface area contributed by atoms with Gasteiger partial charge in [0.15, 0.2) is 0 Å². The van der Waals surface area contributed by atoms with Gasteiger partial charge in [0.2, 0.25) is 0 Å². The number of phenolic OH excluding ortho intramolecular Hbond substituents is 1. The molecule has 0 aliphatic heterocycles. The highest BCUT2D eigenvalue weighted by atomic mass is 16.3. The minimum absolute atomic E-state index is 0.354. The van der Waals surface area contributed by atoms with Gasteiger partial charge in [0.1, 0.15) is 5.75 Å². The Hall–Kier alpha value is -1.83. The normalized spacial score (nSPS) is 9.41. The smallest absolute Gasteiger partial charge is 0.116 e. The second kappa shape index (κ2) is 6.04. The predicted molar refractivity (Wildman–Crippen MR) is 71.3 cm³/mol. The first-order valence-corrected chi connectivity index (χ1v) is 5.63. The van der Waals surface area contributed by atoms with Crippen LogP contribution in [-0.4, -0.2) is 10.1 Å². The zero-order valence-corrected chi connectivity index (χ0v) is 10.9. The number of benzene rings is 1. The minimum atomic E-state index is 0.354. The molecular formula is C15H19NO. The molecule has 0 saturated heterocycles. The van der Waals surface area contributed by atoms with Crippen molar-refractivity contribution in [3.63, 3.8) is 0 Å². The Morgan fingerprint density at radius 2 is 1.12 bits per heavy atom. The highest BCUT2D eigenvalue weighted by Gasteiger charge is 1.89. The summed E-state index contributed by atoms with van der Waals surface area (Å²) in [5, 5.41) is 8.99. The fourth-order valence-corrected chi connectivity index (χ4v) is 1.66. The Morgan fingerprint density at radius 1 is 0.706 bits per heavy atom. The maximum absolute atomic E-state index is 8.99. The molecule has 2 nitrogen and oxygen atoms in total. The molecule has 2 aromatic rings. The molecule has 0 amide bonds. The summed E-state index contributed by atoms with van der Waals surface area (Å²) >= 11 is 0. The zero-order valence-electron chi connectivity index (χ0n) is 10.9. The van der Waals surface area contributed by atoms with E-state index in [2.05, 4.69) is 11.1 Å². The number of pyridine rings is 1. The summed E-state index contributed by atoms with van der Waals surface area (Å²) in [5.74, 6) is 0.354. The second-order valence-corrected chi connectivity index (χ2v) is 4.39. The SMILES string of the molecule is Cc1cc(C)cc(O)c1.Cc1cncc(C)c1. The molecule has 1 aromatic carbocycles. The summed E-state index contributed by atoms with van der Waals surface area (Å²) in [6.45, 7) is 8.01. The first-order chi connectivity index (χ1) is 7.97. The van der Waals surface area contributed by atoms with E-state index in [0.717, 1.165) is 11.1 Å². The average Bonchev–Trinajstić information content (AvgIpc) is 2.15. The molecule has 0 atom stereocenters. The van der Waals surface area contributed by atoms with Gasteiger partial charge in [-0.1, -0.05) is 12.1 Å². The Morgan fingerprint density at radius 3 is 1.41 bits per heavy atom. The van der Waals surface area contributed by atoms with Crippen LogP contribution in [0.5, 0.6) is 5.75 Å². The number of hydrogen-bond donors (Lipinski definition) is 1. The van der Waals surface area contributed by atoms with E-state index in [1.807, 2.05) is 46.2 Å². The molecular weight excluding hydrogens is 210 g/mol. The van der Waals surface area contributed by atoms with Gasteiger partial charge < -0.3 is 5.11 Å². The monoisotopic (exact) mass is 229 g/mol. The van der Waals surface area contributed by atoms with E-state index in [1.54, 1.807) is 12.1 Å². The average molecular weight is 229 g/mol. The summed E-state index contributed by atoms with van der Waals surface area (Å²) in [4.78, 5) is 3.98. The summed E-state index contributed by atoms with van der Waals surface area (Å²) in [7, 11) is 0. The molecule has 2 rings (SSSR count). The van der Waals surface area contributed by atoms with Crippen molar-refractivity contribution in [1.82, 2.24) is 4.98 Å². The molecule has 0 radical (unpaired) electrons. The molecule has 0 aliphatic carbocycles. The fourth-order valence-electron chi connectivity index (χ4n) is 1.66. The van der Waals surface area contributed by atoms with Crippen molar-refractivity contribution in [2.75, 3.05) is 0 Å². The Bertz CT molecular complexity index is 424. The zero-order chi connectivity index (χ0) is 12.8. The molecule has 1 heterocycles. The molecule has 17 heavy (non-hydrogen) atoms. The van der Waals surface area contributed by atoms with Gasteiger partial charge in [0.05, 0.1) is 0 Å². The number of aryl methyl sites for hydroxylation is 4. The number of rotatable bonds is 0. The van der Waals surface area contributed by atoms with Gasteiger partial charge in [-0.15, -0.1) is 0 Å². The van der Waals surface area contributed by atoms with Crippen LogP contribution in [0.15, 0.2) is 36.7 Å². The van der Waals surface area contributed by atoms with E-state index in [4.69, 9.17) is 5.11 Å². The van der Waals surface area contributed by atoms with Crippen LogP contribution >= 0.6 is 0 Å². The van der Waals surface area contributed by atoms with Crippen LogP contribution in [0.4, 0.5) is 0 Å². The van der Waals surface area contributed by atoms with Crippen LogP contribution in [0.3, 0.4) is 0 Å². The lowest BCUT2D eigenvalue weighted by Crippen LogP contribution is -1.76. The molecule has 0 spiro atoms. The minimum Gasteiger partial charge on any atom is -0.508 e. The first-order valence-electron chi connectivity index (χ1n) is 5.63. The molecule has 0 aliphatic rings. The summed E-state index contributed by atoms with van der Waals surface area (Å²) in [6, 6.07) is 7.62. The number of aromatic hydroxyl groups is 1. The third kappa shape index (κ3) is 5.16. The highest BCUT2D eigenvalue weighted by Crippen LogP contribution is 2.13. The topological polar surface area (TPSA) is 33.1 Å². The van der Waals surface area contributed by atoms with E-state index in [1.165, 1.54) is 11.1 Å². The highest BCUT2D eigenvalue weighted by molar-refractivity contribution is 5.31. The van der Waals surface area contributed by atoms with Crippen LogP contribution in [-0.2, 0) is 0 Å². The number of phenols is 1. The molecule has 2 heteroatoms. The van der Waals surface area contributed by atoms with E-state index < -0.39 is 0 Å². The van der Waals surface area contributed by atoms with Crippen LogP contribution in [0.1, 0.15) is 22.3 Å². The lowest BCUT2D eigenvalue weighted by Gasteiger charge is -1.95. The number of aromatic nitrogens is 1. The maximum Gasteiger partial charge on any atom is 0.116 e. The van der Waals surface area contributed by atoms with Gasteiger partial charge in [-0.3, -0.25) is 4.98 Å².